The topological polar surface area (TPSA) is 96.0 Å². The summed E-state index contributed by atoms with van der Waals surface area (Å²) in [6.07, 6.45) is 2.77. The monoisotopic (exact) mass is 397 g/mol. The van der Waals surface area contributed by atoms with Gasteiger partial charge in [-0.25, -0.2) is 0 Å². The first-order valence-corrected chi connectivity index (χ1v) is 10.0. The van der Waals surface area contributed by atoms with Crippen molar-refractivity contribution in [2.45, 2.75) is 47.0 Å². The van der Waals surface area contributed by atoms with Crippen LogP contribution in [0.4, 0.5) is 10.7 Å². The third kappa shape index (κ3) is 3.78. The molecule has 7 heteroatoms. The van der Waals surface area contributed by atoms with Gasteiger partial charge in [0, 0.05) is 22.1 Å². The van der Waals surface area contributed by atoms with Gasteiger partial charge >= 0.3 is 0 Å². The maximum absolute atomic E-state index is 12.7. The van der Waals surface area contributed by atoms with Gasteiger partial charge < -0.3 is 5.32 Å². The number of nitro groups is 1. The van der Waals surface area contributed by atoms with E-state index >= 15 is 0 Å². The predicted octanol–water partition coefficient (Wildman–Crippen LogP) is 5.24. The number of benzene rings is 1. The number of aryl methyl sites for hydroxylation is 1. The van der Waals surface area contributed by atoms with E-state index in [0.717, 1.165) is 29.7 Å². The lowest BCUT2D eigenvalue weighted by molar-refractivity contribution is -0.385. The van der Waals surface area contributed by atoms with Crippen LogP contribution in [0, 0.1) is 39.7 Å². The fraction of sp³-hybridized carbons (Fsp3) is 0.429. The lowest BCUT2D eigenvalue weighted by Gasteiger charge is -2.33. The second-order valence-electron chi connectivity index (χ2n) is 8.34. The average molecular weight is 398 g/mol. The number of hydrogen-bond acceptors (Lipinski definition) is 5. The lowest BCUT2D eigenvalue weighted by Crippen LogP contribution is -2.26. The summed E-state index contributed by atoms with van der Waals surface area (Å²) >= 11 is 1.45. The molecule has 28 heavy (non-hydrogen) atoms. The van der Waals surface area contributed by atoms with Crippen LogP contribution in [0.1, 0.15) is 59.1 Å². The molecule has 0 saturated carbocycles. The van der Waals surface area contributed by atoms with E-state index in [1.807, 2.05) is 0 Å². The molecule has 6 nitrogen and oxygen atoms in total. The van der Waals surface area contributed by atoms with E-state index in [1.54, 1.807) is 19.1 Å². The molecule has 1 aromatic heterocycles. The number of nitrogens with one attached hydrogen (secondary N) is 1. The van der Waals surface area contributed by atoms with Crippen LogP contribution in [0.3, 0.4) is 0 Å². The molecule has 1 unspecified atom stereocenters. The Morgan fingerprint density at radius 3 is 2.71 bits per heavy atom. The van der Waals surface area contributed by atoms with Crippen molar-refractivity contribution < 1.29 is 9.72 Å². The van der Waals surface area contributed by atoms with Crippen LogP contribution >= 0.6 is 11.3 Å². The Kier molecular flexibility index (Phi) is 5.26. The first kappa shape index (κ1) is 20.0. The molecule has 2 aromatic rings. The Hall–Kier alpha value is -2.72. The Bertz CT molecular complexity index is 996. The molecule has 146 valence electrons. The zero-order valence-corrected chi connectivity index (χ0v) is 17.3. The number of anilines is 1. The summed E-state index contributed by atoms with van der Waals surface area (Å²) < 4.78 is 0. The van der Waals surface area contributed by atoms with E-state index in [2.05, 4.69) is 32.2 Å². The van der Waals surface area contributed by atoms with Crippen LogP contribution in [0.2, 0.25) is 0 Å². The molecule has 0 spiro atoms. The fourth-order valence-corrected chi connectivity index (χ4v) is 4.93. The molecule has 1 heterocycles. The number of carbonyl (C=O) groups is 1. The number of thiophene rings is 1. The Morgan fingerprint density at radius 2 is 2.11 bits per heavy atom. The van der Waals surface area contributed by atoms with Crippen molar-refractivity contribution in [1.29, 1.82) is 5.26 Å². The van der Waals surface area contributed by atoms with Gasteiger partial charge in [-0.3, -0.25) is 14.9 Å². The van der Waals surface area contributed by atoms with Crippen molar-refractivity contribution in [2.75, 3.05) is 5.32 Å². The largest absolute Gasteiger partial charge is 0.312 e. The normalized spacial score (nSPS) is 16.2. The third-order valence-corrected chi connectivity index (χ3v) is 6.67. The Morgan fingerprint density at radius 1 is 1.39 bits per heavy atom. The van der Waals surface area contributed by atoms with Gasteiger partial charge in [-0.2, -0.15) is 5.26 Å². The number of nitriles is 1. The fourth-order valence-electron chi connectivity index (χ4n) is 3.65. The smallest absolute Gasteiger partial charge is 0.273 e. The first-order valence-electron chi connectivity index (χ1n) is 9.23. The highest BCUT2D eigenvalue weighted by molar-refractivity contribution is 7.16. The molecule has 0 aliphatic heterocycles. The first-order chi connectivity index (χ1) is 13.1. The maximum atomic E-state index is 12.7. The number of amides is 1. The van der Waals surface area contributed by atoms with Gasteiger partial charge in [0.05, 0.1) is 10.5 Å². The average Bonchev–Trinajstić information content (AvgIpc) is 2.97. The van der Waals surface area contributed by atoms with Gasteiger partial charge in [-0.05, 0) is 49.1 Å². The summed E-state index contributed by atoms with van der Waals surface area (Å²) in [5.74, 6) is 0.0964. The number of fused-ring (bicyclic) bond motifs is 1. The van der Waals surface area contributed by atoms with Crippen LogP contribution in [0.25, 0.3) is 0 Å². The zero-order chi connectivity index (χ0) is 20.6. The second kappa shape index (κ2) is 7.36. The van der Waals surface area contributed by atoms with E-state index in [-0.39, 0.29) is 16.7 Å². The number of hydrogen-bond donors (Lipinski definition) is 1. The number of carbonyl (C=O) groups excluding carboxylic acids is 1. The number of nitrogens with zero attached hydrogens (tertiary/aromatic N) is 2. The molecule has 1 aliphatic carbocycles. The van der Waals surface area contributed by atoms with E-state index in [1.165, 1.54) is 17.4 Å². The molecule has 1 amide bonds. The van der Waals surface area contributed by atoms with Crippen molar-refractivity contribution in [2.24, 2.45) is 11.3 Å². The van der Waals surface area contributed by atoms with E-state index in [0.29, 0.717) is 22.0 Å². The van der Waals surface area contributed by atoms with Crippen molar-refractivity contribution in [3.8, 4) is 6.07 Å². The standard InChI is InChI=1S/C21H23N3O3S/c1-12-5-6-13(9-17(12)24(26)27)19(25)23-20-16(11-22)15-8-7-14(21(2,3)4)10-18(15)28-20/h5-6,9,14H,7-8,10H2,1-4H3,(H,23,25). The van der Waals surface area contributed by atoms with E-state index in [9.17, 15) is 20.2 Å². The molecule has 1 aliphatic rings. The number of rotatable bonds is 3. The molecule has 0 saturated heterocycles. The van der Waals surface area contributed by atoms with Crippen molar-refractivity contribution in [1.82, 2.24) is 0 Å². The van der Waals surface area contributed by atoms with Gasteiger partial charge in [-0.1, -0.05) is 26.8 Å². The van der Waals surface area contributed by atoms with Gasteiger partial charge in [0.15, 0.2) is 0 Å². The molecule has 0 radical (unpaired) electrons. The summed E-state index contributed by atoms with van der Waals surface area (Å²) in [5, 5.41) is 24.1. The van der Waals surface area contributed by atoms with Crippen LogP contribution < -0.4 is 5.32 Å². The molecule has 1 atom stereocenters. The lowest BCUT2D eigenvalue weighted by atomic mass is 9.72. The van der Waals surface area contributed by atoms with Crippen LogP contribution in [-0.4, -0.2) is 10.8 Å². The summed E-state index contributed by atoms with van der Waals surface area (Å²) in [6.45, 7) is 8.32. The predicted molar refractivity (Wildman–Crippen MR) is 110 cm³/mol. The SMILES string of the molecule is Cc1ccc(C(=O)Nc2sc3c(c2C#N)CCC(C(C)(C)C)C3)cc1[N+](=O)[O-]. The molecule has 0 bridgehead atoms. The van der Waals surface area contributed by atoms with Crippen molar-refractivity contribution in [3.05, 3.63) is 55.4 Å². The molecule has 0 fully saturated rings. The third-order valence-electron chi connectivity index (χ3n) is 5.50. The summed E-state index contributed by atoms with van der Waals surface area (Å²) in [5.41, 5.74) is 2.38. The van der Waals surface area contributed by atoms with Gasteiger partial charge in [0.25, 0.3) is 11.6 Å². The molecule has 3 rings (SSSR count). The quantitative estimate of drug-likeness (QED) is 0.566. The summed E-state index contributed by atoms with van der Waals surface area (Å²) in [7, 11) is 0. The minimum absolute atomic E-state index is 0.0911. The van der Waals surface area contributed by atoms with E-state index in [4.69, 9.17) is 0 Å². The van der Waals surface area contributed by atoms with Crippen molar-refractivity contribution >= 4 is 27.9 Å². The van der Waals surface area contributed by atoms with Crippen LogP contribution in [0.15, 0.2) is 18.2 Å². The van der Waals surface area contributed by atoms with Crippen LogP contribution in [-0.2, 0) is 12.8 Å². The van der Waals surface area contributed by atoms with Crippen LogP contribution in [0.5, 0.6) is 0 Å². The molecular weight excluding hydrogens is 374 g/mol. The van der Waals surface area contributed by atoms with Gasteiger partial charge in [-0.15, -0.1) is 11.3 Å². The second-order valence-corrected chi connectivity index (χ2v) is 9.44. The van der Waals surface area contributed by atoms with Gasteiger partial charge in [0.1, 0.15) is 11.1 Å². The van der Waals surface area contributed by atoms with Crippen molar-refractivity contribution in [3.63, 3.8) is 0 Å². The van der Waals surface area contributed by atoms with Gasteiger partial charge in [0.2, 0.25) is 0 Å². The summed E-state index contributed by atoms with van der Waals surface area (Å²) in [6, 6.07) is 6.64. The molecular formula is C21H23N3O3S. The minimum atomic E-state index is -0.497. The number of nitro benzene ring substituents is 1. The maximum Gasteiger partial charge on any atom is 0.273 e. The minimum Gasteiger partial charge on any atom is -0.312 e. The summed E-state index contributed by atoms with van der Waals surface area (Å²) in [4.78, 5) is 24.5. The molecule has 1 N–H and O–H groups in total. The highest BCUT2D eigenvalue weighted by atomic mass is 32.1. The van der Waals surface area contributed by atoms with E-state index < -0.39 is 10.8 Å². The Balaban J connectivity index is 1.89. The Labute approximate surface area is 168 Å². The highest BCUT2D eigenvalue weighted by Gasteiger charge is 2.32. The molecule has 1 aromatic carbocycles. The zero-order valence-electron chi connectivity index (χ0n) is 16.5. The highest BCUT2D eigenvalue weighted by Crippen LogP contribution is 2.44.